The summed E-state index contributed by atoms with van der Waals surface area (Å²) in [6.07, 6.45) is 2.91. The monoisotopic (exact) mass is 453 g/mol. The first-order valence-corrected chi connectivity index (χ1v) is 11.2. The van der Waals surface area contributed by atoms with Crippen LogP contribution in [-0.4, -0.2) is 70.9 Å². The number of amides is 3. The third-order valence-corrected chi connectivity index (χ3v) is 5.34. The van der Waals surface area contributed by atoms with Gasteiger partial charge in [0.1, 0.15) is 11.6 Å². The molecule has 4 N–H and O–H groups in total. The standard InChI is InChI=1S/C20H31N5O5S/c1-20(2,3)30-19(29)24-14-7-5-10-25(18(14)28)12-15(26)23-13(6-4-8-21)16(27)17-22-9-11-31-17/h9,11,13-14H,4-8,10,12,21H2,1-3H3,(H,23,26)(H,24,29)/t13?,14-/m0/s1. The van der Waals surface area contributed by atoms with Crippen LogP contribution in [0, 0.1) is 0 Å². The number of aromatic nitrogens is 1. The van der Waals surface area contributed by atoms with Crippen molar-refractivity contribution in [3.8, 4) is 0 Å². The minimum absolute atomic E-state index is 0.199. The van der Waals surface area contributed by atoms with Crippen LogP contribution in [0.3, 0.4) is 0 Å². The van der Waals surface area contributed by atoms with Gasteiger partial charge in [-0.3, -0.25) is 14.4 Å². The molecule has 11 heteroatoms. The van der Waals surface area contributed by atoms with Gasteiger partial charge in [-0.2, -0.15) is 0 Å². The van der Waals surface area contributed by atoms with E-state index in [0.717, 1.165) is 0 Å². The maximum absolute atomic E-state index is 12.7. The molecule has 2 heterocycles. The number of likely N-dealkylation sites (tertiary alicyclic amines) is 1. The fourth-order valence-electron chi connectivity index (χ4n) is 3.18. The smallest absolute Gasteiger partial charge is 0.408 e. The minimum atomic E-state index is -0.752. The molecule has 3 amide bonds. The third-order valence-electron chi connectivity index (χ3n) is 4.55. The number of hydrogen-bond acceptors (Lipinski definition) is 8. The molecule has 1 aromatic heterocycles. The molecular formula is C20H31N5O5S. The highest BCUT2D eigenvalue weighted by atomic mass is 32.1. The van der Waals surface area contributed by atoms with Crippen LogP contribution in [0.2, 0.25) is 0 Å². The molecule has 0 aliphatic carbocycles. The van der Waals surface area contributed by atoms with E-state index in [0.29, 0.717) is 43.8 Å². The number of carbonyl (C=O) groups excluding carboxylic acids is 4. The maximum Gasteiger partial charge on any atom is 0.408 e. The molecule has 0 bridgehead atoms. The van der Waals surface area contributed by atoms with Crippen molar-refractivity contribution in [1.29, 1.82) is 0 Å². The van der Waals surface area contributed by atoms with Crippen LogP contribution in [-0.2, 0) is 14.3 Å². The highest BCUT2D eigenvalue weighted by Crippen LogP contribution is 2.14. The molecule has 1 saturated heterocycles. The number of alkyl carbamates (subject to hydrolysis) is 1. The van der Waals surface area contributed by atoms with Gasteiger partial charge in [-0.15, -0.1) is 11.3 Å². The van der Waals surface area contributed by atoms with Gasteiger partial charge in [0.25, 0.3) is 0 Å². The number of nitrogens with one attached hydrogen (secondary N) is 2. The zero-order valence-corrected chi connectivity index (χ0v) is 19.0. The van der Waals surface area contributed by atoms with E-state index in [2.05, 4.69) is 15.6 Å². The molecule has 1 aliphatic heterocycles. The Balaban J connectivity index is 1.95. The maximum atomic E-state index is 12.7. The fourth-order valence-corrected chi connectivity index (χ4v) is 3.81. The first-order valence-electron chi connectivity index (χ1n) is 10.3. The second kappa shape index (κ2) is 11.2. The van der Waals surface area contributed by atoms with Crippen LogP contribution in [0.1, 0.15) is 56.3 Å². The normalized spacial score (nSPS) is 17.7. The van der Waals surface area contributed by atoms with E-state index < -0.39 is 29.7 Å². The summed E-state index contributed by atoms with van der Waals surface area (Å²) >= 11 is 1.21. The van der Waals surface area contributed by atoms with E-state index in [1.54, 1.807) is 26.2 Å². The molecule has 1 unspecified atom stereocenters. The van der Waals surface area contributed by atoms with Crippen LogP contribution >= 0.6 is 11.3 Å². The number of Topliss-reactive ketones (excluding diaryl/α,β-unsaturated/α-hetero) is 1. The lowest BCUT2D eigenvalue weighted by atomic mass is 10.0. The van der Waals surface area contributed by atoms with E-state index in [-0.39, 0.29) is 18.2 Å². The molecule has 10 nitrogen and oxygen atoms in total. The van der Waals surface area contributed by atoms with E-state index in [1.807, 2.05) is 0 Å². The zero-order chi connectivity index (χ0) is 23.0. The molecule has 0 spiro atoms. The molecule has 31 heavy (non-hydrogen) atoms. The Morgan fingerprint density at radius 3 is 2.74 bits per heavy atom. The number of nitrogens with two attached hydrogens (primary N) is 1. The fraction of sp³-hybridized carbons (Fsp3) is 0.650. The number of hydrogen-bond donors (Lipinski definition) is 3. The average Bonchev–Trinajstić information content (AvgIpc) is 3.21. The molecule has 2 atom stereocenters. The Bertz CT molecular complexity index is 777. The summed E-state index contributed by atoms with van der Waals surface area (Å²) in [6.45, 7) is 5.79. The van der Waals surface area contributed by atoms with E-state index in [9.17, 15) is 19.2 Å². The summed E-state index contributed by atoms with van der Waals surface area (Å²) < 4.78 is 5.20. The van der Waals surface area contributed by atoms with E-state index in [1.165, 1.54) is 22.4 Å². The predicted octanol–water partition coefficient (Wildman–Crippen LogP) is 1.07. The molecule has 1 fully saturated rings. The Hall–Kier alpha value is -2.53. The predicted molar refractivity (Wildman–Crippen MR) is 116 cm³/mol. The van der Waals surface area contributed by atoms with Crippen molar-refractivity contribution in [2.75, 3.05) is 19.6 Å². The van der Waals surface area contributed by atoms with Crippen molar-refractivity contribution in [2.24, 2.45) is 5.73 Å². The Morgan fingerprint density at radius 1 is 1.39 bits per heavy atom. The van der Waals surface area contributed by atoms with Crippen molar-refractivity contribution in [3.05, 3.63) is 16.6 Å². The van der Waals surface area contributed by atoms with Gasteiger partial charge in [0.05, 0.1) is 12.6 Å². The summed E-state index contributed by atoms with van der Waals surface area (Å²) in [5.41, 5.74) is 4.88. The van der Waals surface area contributed by atoms with Gasteiger partial charge in [-0.1, -0.05) is 0 Å². The molecule has 1 aromatic rings. The lowest BCUT2D eigenvalue weighted by Crippen LogP contribution is -2.55. The summed E-state index contributed by atoms with van der Waals surface area (Å²) in [4.78, 5) is 55.4. The third kappa shape index (κ3) is 7.91. The topological polar surface area (TPSA) is 144 Å². The molecule has 2 rings (SSSR count). The van der Waals surface area contributed by atoms with Gasteiger partial charge in [0, 0.05) is 18.1 Å². The summed E-state index contributed by atoms with van der Waals surface area (Å²) in [5.74, 6) is -1.07. The average molecular weight is 454 g/mol. The van der Waals surface area contributed by atoms with Crippen molar-refractivity contribution in [1.82, 2.24) is 20.5 Å². The number of carbonyl (C=O) groups is 4. The van der Waals surface area contributed by atoms with Crippen LogP contribution in [0.25, 0.3) is 0 Å². The first-order chi connectivity index (χ1) is 14.6. The minimum Gasteiger partial charge on any atom is -0.444 e. The van der Waals surface area contributed by atoms with Crippen LogP contribution in [0.4, 0.5) is 4.79 Å². The van der Waals surface area contributed by atoms with Crippen LogP contribution in [0.5, 0.6) is 0 Å². The Morgan fingerprint density at radius 2 is 2.13 bits per heavy atom. The molecule has 172 valence electrons. The van der Waals surface area contributed by atoms with Gasteiger partial charge in [0.2, 0.25) is 17.6 Å². The van der Waals surface area contributed by atoms with Gasteiger partial charge < -0.3 is 26.0 Å². The lowest BCUT2D eigenvalue weighted by Gasteiger charge is -2.33. The Labute approximate surface area is 185 Å². The van der Waals surface area contributed by atoms with Gasteiger partial charge in [-0.25, -0.2) is 9.78 Å². The molecular weight excluding hydrogens is 422 g/mol. The lowest BCUT2D eigenvalue weighted by molar-refractivity contribution is -0.140. The second-order valence-corrected chi connectivity index (χ2v) is 9.25. The number of ether oxygens (including phenoxy) is 1. The summed E-state index contributed by atoms with van der Waals surface area (Å²) in [5, 5.41) is 7.30. The van der Waals surface area contributed by atoms with E-state index in [4.69, 9.17) is 10.5 Å². The number of ketones is 1. The van der Waals surface area contributed by atoms with Gasteiger partial charge >= 0.3 is 6.09 Å². The quantitative estimate of drug-likeness (QED) is 0.474. The Kier molecular flexibility index (Phi) is 8.93. The molecule has 1 aliphatic rings. The zero-order valence-electron chi connectivity index (χ0n) is 18.2. The first kappa shape index (κ1) is 24.7. The van der Waals surface area contributed by atoms with Crippen LogP contribution in [0.15, 0.2) is 11.6 Å². The molecule has 0 saturated carbocycles. The van der Waals surface area contributed by atoms with Crippen LogP contribution < -0.4 is 16.4 Å². The summed E-state index contributed by atoms with van der Waals surface area (Å²) in [7, 11) is 0. The highest BCUT2D eigenvalue weighted by molar-refractivity contribution is 7.11. The number of nitrogens with zero attached hydrogens (tertiary/aromatic N) is 2. The van der Waals surface area contributed by atoms with Crippen molar-refractivity contribution >= 4 is 35.0 Å². The van der Waals surface area contributed by atoms with Crippen molar-refractivity contribution in [2.45, 2.75) is 64.1 Å². The SMILES string of the molecule is CC(C)(C)OC(=O)N[C@H]1CCCN(CC(=O)NC(CCCN)C(=O)c2nccs2)C1=O. The number of rotatable bonds is 9. The second-order valence-electron chi connectivity index (χ2n) is 8.35. The van der Waals surface area contributed by atoms with Crippen molar-refractivity contribution in [3.63, 3.8) is 0 Å². The summed E-state index contributed by atoms with van der Waals surface area (Å²) in [6, 6.07) is -1.50. The van der Waals surface area contributed by atoms with Gasteiger partial charge in [-0.05, 0) is 53.0 Å². The number of thiazole rings is 1. The highest BCUT2D eigenvalue weighted by Gasteiger charge is 2.33. The van der Waals surface area contributed by atoms with Gasteiger partial charge in [0.15, 0.2) is 5.01 Å². The van der Waals surface area contributed by atoms with E-state index >= 15 is 0 Å². The molecule has 0 aromatic carbocycles. The molecule has 0 radical (unpaired) electrons. The number of piperidine rings is 1. The van der Waals surface area contributed by atoms with Crippen molar-refractivity contribution < 1.29 is 23.9 Å². The largest absolute Gasteiger partial charge is 0.444 e.